The summed E-state index contributed by atoms with van der Waals surface area (Å²) in [6.45, 7) is 3.86. The van der Waals surface area contributed by atoms with Gasteiger partial charge in [-0.25, -0.2) is 0 Å². The van der Waals surface area contributed by atoms with Crippen LogP contribution < -0.4 is 0 Å². The standard InChI is InChI=1S/2C9H13NO2/c2*1-2-9(10(11)12)6-7-3-4-8(9)5-7/h2*3-4,7-8H,2,5-6H2,1H3. The van der Waals surface area contributed by atoms with Crippen LogP contribution in [0.2, 0.25) is 0 Å². The van der Waals surface area contributed by atoms with Gasteiger partial charge in [-0.15, -0.1) is 0 Å². The Kier molecular flexibility index (Phi) is 4.26. The van der Waals surface area contributed by atoms with Crippen LogP contribution in [0.5, 0.6) is 0 Å². The number of hydrogen-bond acceptors (Lipinski definition) is 4. The van der Waals surface area contributed by atoms with Gasteiger partial charge >= 0.3 is 0 Å². The summed E-state index contributed by atoms with van der Waals surface area (Å²) < 4.78 is 0. The Bertz CT molecular complexity index is 550. The molecule has 0 aromatic rings. The molecule has 6 nitrogen and oxygen atoms in total. The van der Waals surface area contributed by atoms with Gasteiger partial charge in [0.25, 0.3) is 0 Å². The fraction of sp³-hybridized carbons (Fsp3) is 0.778. The van der Waals surface area contributed by atoms with Gasteiger partial charge < -0.3 is 0 Å². The highest BCUT2D eigenvalue weighted by molar-refractivity contribution is 5.17. The molecule has 4 aliphatic carbocycles. The van der Waals surface area contributed by atoms with Crippen molar-refractivity contribution in [3.8, 4) is 0 Å². The van der Waals surface area contributed by atoms with Crippen molar-refractivity contribution in [1.82, 2.24) is 0 Å². The molecule has 0 spiro atoms. The molecule has 6 atom stereocenters. The molecule has 0 aliphatic heterocycles. The molecule has 0 saturated heterocycles. The van der Waals surface area contributed by atoms with E-state index in [2.05, 4.69) is 12.2 Å². The summed E-state index contributed by atoms with van der Waals surface area (Å²) in [5.74, 6) is 1.39. The van der Waals surface area contributed by atoms with Gasteiger partial charge in [0.05, 0.1) is 0 Å². The maximum atomic E-state index is 10.9. The number of nitrogens with zero attached hydrogens (tertiary/aromatic N) is 2. The van der Waals surface area contributed by atoms with E-state index in [9.17, 15) is 20.2 Å². The van der Waals surface area contributed by atoms with Crippen molar-refractivity contribution in [3.05, 3.63) is 44.5 Å². The first kappa shape index (κ1) is 17.1. The molecule has 4 aliphatic rings. The maximum absolute atomic E-state index is 10.9. The molecule has 4 rings (SSSR count). The second kappa shape index (κ2) is 5.97. The van der Waals surface area contributed by atoms with Crippen molar-refractivity contribution in [2.75, 3.05) is 0 Å². The monoisotopic (exact) mass is 334 g/mol. The van der Waals surface area contributed by atoms with Gasteiger partial charge in [0.1, 0.15) is 0 Å². The first-order valence-corrected chi connectivity index (χ1v) is 9.03. The average Bonchev–Trinajstić information content (AvgIpc) is 3.33. The zero-order chi connectivity index (χ0) is 17.5. The fourth-order valence-corrected chi connectivity index (χ4v) is 5.35. The highest BCUT2D eigenvalue weighted by Gasteiger charge is 2.57. The molecule has 132 valence electrons. The number of allylic oxidation sites excluding steroid dienone is 2. The fourth-order valence-electron chi connectivity index (χ4n) is 5.35. The van der Waals surface area contributed by atoms with Crippen LogP contribution in [0, 0.1) is 43.9 Å². The largest absolute Gasteiger partial charge is 0.264 e. The predicted molar refractivity (Wildman–Crippen MR) is 90.7 cm³/mol. The van der Waals surface area contributed by atoms with Gasteiger partial charge in [0.15, 0.2) is 0 Å². The van der Waals surface area contributed by atoms with E-state index >= 15 is 0 Å². The van der Waals surface area contributed by atoms with E-state index in [0.29, 0.717) is 24.7 Å². The van der Waals surface area contributed by atoms with Gasteiger partial charge in [-0.1, -0.05) is 38.2 Å². The Morgan fingerprint density at radius 3 is 1.33 bits per heavy atom. The summed E-state index contributed by atoms with van der Waals surface area (Å²) in [4.78, 5) is 21.7. The lowest BCUT2D eigenvalue weighted by Gasteiger charge is -2.25. The van der Waals surface area contributed by atoms with E-state index in [4.69, 9.17) is 0 Å². The Balaban J connectivity index is 0.000000141. The second-order valence-corrected chi connectivity index (χ2v) is 7.81. The number of hydrogen-bond donors (Lipinski definition) is 0. The van der Waals surface area contributed by atoms with Crippen molar-refractivity contribution >= 4 is 0 Å². The van der Waals surface area contributed by atoms with Crippen LogP contribution in [0.4, 0.5) is 0 Å². The van der Waals surface area contributed by atoms with Crippen LogP contribution in [0.3, 0.4) is 0 Å². The Hall–Kier alpha value is -1.72. The number of rotatable bonds is 4. The van der Waals surface area contributed by atoms with Gasteiger partial charge in [0.2, 0.25) is 11.1 Å². The normalized spacial score (nSPS) is 43.8. The van der Waals surface area contributed by atoms with Crippen molar-refractivity contribution in [2.24, 2.45) is 23.7 Å². The molecule has 6 unspecified atom stereocenters. The predicted octanol–water partition coefficient (Wildman–Crippen LogP) is 4.02. The van der Waals surface area contributed by atoms with E-state index in [1.54, 1.807) is 0 Å². The average molecular weight is 334 g/mol. The van der Waals surface area contributed by atoms with Crippen LogP contribution in [-0.4, -0.2) is 20.9 Å². The van der Waals surface area contributed by atoms with Gasteiger partial charge in [-0.3, -0.25) is 20.2 Å². The number of nitro groups is 2. The first-order chi connectivity index (χ1) is 11.4. The molecule has 4 bridgehead atoms. The van der Waals surface area contributed by atoms with Crippen LogP contribution in [0.15, 0.2) is 24.3 Å². The maximum Gasteiger partial charge on any atom is 0.228 e. The summed E-state index contributed by atoms with van der Waals surface area (Å²) in [6, 6.07) is 0. The molecular weight excluding hydrogens is 308 g/mol. The zero-order valence-electron chi connectivity index (χ0n) is 14.4. The van der Waals surface area contributed by atoms with Gasteiger partial charge in [-0.2, -0.15) is 0 Å². The Labute approximate surface area is 142 Å². The Morgan fingerprint density at radius 2 is 1.21 bits per heavy atom. The Morgan fingerprint density at radius 1 is 0.833 bits per heavy atom. The lowest BCUT2D eigenvalue weighted by molar-refractivity contribution is -0.576. The zero-order valence-corrected chi connectivity index (χ0v) is 14.4. The van der Waals surface area contributed by atoms with Gasteiger partial charge in [0, 0.05) is 47.4 Å². The molecular formula is C18H26N2O4. The first-order valence-electron chi connectivity index (χ1n) is 9.03. The molecule has 0 heterocycles. The molecule has 0 aromatic carbocycles. The SMILES string of the molecule is CCC1([N+](=O)[O-])CC2C=CC1C2.CCC1([N+](=O)[O-])CC2C=CC1C2. The van der Waals surface area contributed by atoms with Crippen molar-refractivity contribution in [3.63, 3.8) is 0 Å². The molecule has 2 saturated carbocycles. The summed E-state index contributed by atoms with van der Waals surface area (Å²) in [6.07, 6.45) is 13.3. The molecule has 0 amide bonds. The minimum absolute atomic E-state index is 0.0544. The lowest BCUT2D eigenvalue weighted by Crippen LogP contribution is -2.41. The molecule has 0 aromatic heterocycles. The molecule has 6 heteroatoms. The smallest absolute Gasteiger partial charge is 0.228 e. The molecule has 2 fully saturated rings. The lowest BCUT2D eigenvalue weighted by atomic mass is 9.83. The van der Waals surface area contributed by atoms with Crippen molar-refractivity contribution in [2.45, 2.75) is 63.5 Å². The summed E-state index contributed by atoms with van der Waals surface area (Å²) in [5.41, 5.74) is -1.22. The summed E-state index contributed by atoms with van der Waals surface area (Å²) in [7, 11) is 0. The van der Waals surface area contributed by atoms with Gasteiger partial charge in [-0.05, 0) is 24.7 Å². The van der Waals surface area contributed by atoms with E-state index < -0.39 is 11.1 Å². The molecule has 0 N–H and O–H groups in total. The third-order valence-electron chi connectivity index (χ3n) is 6.91. The minimum atomic E-state index is -0.612. The van der Waals surface area contributed by atoms with Crippen molar-refractivity contribution < 1.29 is 9.85 Å². The van der Waals surface area contributed by atoms with Crippen LogP contribution in [-0.2, 0) is 0 Å². The van der Waals surface area contributed by atoms with E-state index in [-0.39, 0.29) is 21.7 Å². The van der Waals surface area contributed by atoms with E-state index in [0.717, 1.165) is 25.7 Å². The summed E-state index contributed by atoms with van der Waals surface area (Å²) >= 11 is 0. The van der Waals surface area contributed by atoms with Crippen LogP contribution in [0.1, 0.15) is 52.4 Å². The van der Waals surface area contributed by atoms with E-state index in [1.807, 2.05) is 26.0 Å². The second-order valence-electron chi connectivity index (χ2n) is 7.81. The quantitative estimate of drug-likeness (QED) is 0.441. The minimum Gasteiger partial charge on any atom is -0.264 e. The highest BCUT2D eigenvalue weighted by atomic mass is 16.6. The van der Waals surface area contributed by atoms with Crippen LogP contribution >= 0.6 is 0 Å². The van der Waals surface area contributed by atoms with E-state index in [1.165, 1.54) is 0 Å². The molecule has 0 radical (unpaired) electrons. The topological polar surface area (TPSA) is 86.3 Å². The van der Waals surface area contributed by atoms with Crippen molar-refractivity contribution in [1.29, 1.82) is 0 Å². The summed E-state index contributed by atoms with van der Waals surface area (Å²) in [5, 5.41) is 21.8. The third kappa shape index (κ3) is 2.38. The third-order valence-corrected chi connectivity index (χ3v) is 6.91. The van der Waals surface area contributed by atoms with Crippen LogP contribution in [0.25, 0.3) is 0 Å². The highest BCUT2D eigenvalue weighted by Crippen LogP contribution is 2.50. The number of fused-ring (bicyclic) bond motifs is 4. The molecule has 24 heavy (non-hydrogen) atoms.